The van der Waals surface area contributed by atoms with Crippen LogP contribution in [0, 0.1) is 0 Å². The van der Waals surface area contributed by atoms with Crippen molar-refractivity contribution in [3.05, 3.63) is 45.7 Å². The summed E-state index contributed by atoms with van der Waals surface area (Å²) >= 11 is 7.52. The van der Waals surface area contributed by atoms with Crippen LogP contribution < -0.4 is 0 Å². The van der Waals surface area contributed by atoms with Crippen molar-refractivity contribution in [2.45, 2.75) is 0 Å². The number of para-hydroxylation sites is 1. The van der Waals surface area contributed by atoms with E-state index in [1.54, 1.807) is 23.7 Å². The molecule has 94 valence electrons. The van der Waals surface area contributed by atoms with Crippen LogP contribution in [-0.4, -0.2) is 21.0 Å². The summed E-state index contributed by atoms with van der Waals surface area (Å²) in [6.45, 7) is 0. The first kappa shape index (κ1) is 12.1. The van der Waals surface area contributed by atoms with Crippen LogP contribution in [0.3, 0.4) is 0 Å². The van der Waals surface area contributed by atoms with Crippen LogP contribution in [0.2, 0.25) is 5.02 Å². The lowest BCUT2D eigenvalue weighted by molar-refractivity contribution is 0.0699. The number of halogens is 1. The summed E-state index contributed by atoms with van der Waals surface area (Å²) in [5.41, 5.74) is 3.49. The number of pyridine rings is 1. The summed E-state index contributed by atoms with van der Waals surface area (Å²) in [7, 11) is 0. The predicted molar refractivity (Wildman–Crippen MR) is 74.8 cm³/mol. The fourth-order valence-corrected chi connectivity index (χ4v) is 2.62. The molecule has 1 N–H and O–H groups in total. The average Bonchev–Trinajstić information content (AvgIpc) is 2.92. The third-order valence-electron chi connectivity index (χ3n) is 2.72. The molecule has 0 amide bonds. The molecule has 0 spiro atoms. The number of hydrogen-bond donors (Lipinski definition) is 1. The molecule has 0 aliphatic rings. The first-order valence-electron chi connectivity index (χ1n) is 5.38. The molecule has 0 fully saturated rings. The van der Waals surface area contributed by atoms with E-state index in [0.717, 1.165) is 0 Å². The van der Waals surface area contributed by atoms with Crippen molar-refractivity contribution < 1.29 is 9.90 Å². The molecule has 0 unspecified atom stereocenters. The van der Waals surface area contributed by atoms with E-state index in [4.69, 9.17) is 11.6 Å². The van der Waals surface area contributed by atoms with E-state index in [1.165, 1.54) is 17.4 Å². The van der Waals surface area contributed by atoms with Crippen molar-refractivity contribution in [3.8, 4) is 11.4 Å². The van der Waals surface area contributed by atoms with Crippen LogP contribution in [0.1, 0.15) is 10.4 Å². The molecule has 19 heavy (non-hydrogen) atoms. The maximum atomic E-state index is 11.4. The number of carboxylic acid groups (broad SMARTS) is 1. The highest BCUT2D eigenvalue weighted by Crippen LogP contribution is 2.28. The van der Waals surface area contributed by atoms with Crippen LogP contribution in [0.15, 0.2) is 35.2 Å². The van der Waals surface area contributed by atoms with Gasteiger partial charge in [0, 0.05) is 10.8 Å². The fraction of sp³-hybridized carbons (Fsp3) is 0. The topological polar surface area (TPSA) is 63.1 Å². The number of thiazole rings is 1. The highest BCUT2D eigenvalue weighted by Gasteiger charge is 2.15. The molecule has 2 heterocycles. The lowest BCUT2D eigenvalue weighted by atomic mass is 10.1. The van der Waals surface area contributed by atoms with Crippen LogP contribution in [0.25, 0.3) is 22.3 Å². The number of rotatable bonds is 2. The maximum absolute atomic E-state index is 11.4. The second-order valence-electron chi connectivity index (χ2n) is 3.87. The average molecular weight is 291 g/mol. The van der Waals surface area contributed by atoms with Gasteiger partial charge < -0.3 is 5.11 Å². The smallest absolute Gasteiger partial charge is 0.336 e. The zero-order chi connectivity index (χ0) is 13.4. The van der Waals surface area contributed by atoms with Crippen molar-refractivity contribution in [2.24, 2.45) is 0 Å². The Bertz CT molecular complexity index is 772. The van der Waals surface area contributed by atoms with Gasteiger partial charge in [-0.15, -0.1) is 11.3 Å². The minimum absolute atomic E-state index is 0.176. The molecule has 0 saturated heterocycles. The zero-order valence-electron chi connectivity index (χ0n) is 9.50. The zero-order valence-corrected chi connectivity index (χ0v) is 11.1. The van der Waals surface area contributed by atoms with Crippen molar-refractivity contribution >= 4 is 39.8 Å². The summed E-state index contributed by atoms with van der Waals surface area (Å²) in [4.78, 5) is 19.9. The molecule has 0 aliphatic carbocycles. The Morgan fingerprint density at radius 2 is 2.16 bits per heavy atom. The molecule has 2 aromatic heterocycles. The van der Waals surface area contributed by atoms with Crippen molar-refractivity contribution in [2.75, 3.05) is 0 Å². The Balaban J connectivity index is 2.38. The molecular formula is C13H7ClN2O2S. The molecule has 0 radical (unpaired) electrons. The molecule has 0 aliphatic heterocycles. The molecule has 3 aromatic rings. The maximum Gasteiger partial charge on any atom is 0.336 e. The molecule has 6 heteroatoms. The predicted octanol–water partition coefficient (Wildman–Crippen LogP) is 3.71. The van der Waals surface area contributed by atoms with Gasteiger partial charge in [-0.1, -0.05) is 23.7 Å². The quantitative estimate of drug-likeness (QED) is 0.781. The lowest BCUT2D eigenvalue weighted by Gasteiger charge is -2.06. The Kier molecular flexibility index (Phi) is 2.93. The third kappa shape index (κ3) is 2.07. The second kappa shape index (κ2) is 4.60. The van der Waals surface area contributed by atoms with E-state index >= 15 is 0 Å². The molecule has 0 bridgehead atoms. The monoisotopic (exact) mass is 290 g/mol. The second-order valence-corrected chi connectivity index (χ2v) is 5.00. The van der Waals surface area contributed by atoms with Gasteiger partial charge in [0.25, 0.3) is 0 Å². The van der Waals surface area contributed by atoms with Crippen LogP contribution in [0.4, 0.5) is 0 Å². The molecule has 4 nitrogen and oxygen atoms in total. The number of aromatic carboxylic acids is 1. The van der Waals surface area contributed by atoms with Gasteiger partial charge in [0.2, 0.25) is 0 Å². The van der Waals surface area contributed by atoms with Gasteiger partial charge in [-0.25, -0.2) is 14.8 Å². The first-order valence-corrected chi connectivity index (χ1v) is 6.70. The number of nitrogens with zero attached hydrogens (tertiary/aromatic N) is 2. The summed E-state index contributed by atoms with van der Waals surface area (Å²) in [6, 6.07) is 6.62. The largest absolute Gasteiger partial charge is 0.478 e. The Hall–Kier alpha value is -1.98. The van der Waals surface area contributed by atoms with Crippen molar-refractivity contribution in [3.63, 3.8) is 0 Å². The minimum atomic E-state index is -1.01. The first-order chi connectivity index (χ1) is 9.16. The molecule has 0 atom stereocenters. The lowest BCUT2D eigenvalue weighted by Crippen LogP contribution is -2.00. The van der Waals surface area contributed by atoms with E-state index in [1.807, 2.05) is 5.38 Å². The van der Waals surface area contributed by atoms with Crippen molar-refractivity contribution in [1.82, 2.24) is 9.97 Å². The van der Waals surface area contributed by atoms with Gasteiger partial charge >= 0.3 is 5.97 Å². The normalized spacial score (nSPS) is 10.8. The number of hydrogen-bond acceptors (Lipinski definition) is 4. The summed E-state index contributed by atoms with van der Waals surface area (Å²) in [5.74, 6) is -1.01. The van der Waals surface area contributed by atoms with E-state index < -0.39 is 5.97 Å². The van der Waals surface area contributed by atoms with Gasteiger partial charge in [0.15, 0.2) is 0 Å². The van der Waals surface area contributed by atoms with Gasteiger partial charge in [0.05, 0.1) is 33.0 Å². The standard InChI is InChI=1S/C13H7ClN2O2S/c14-9-3-1-2-7-8(13(17)18)4-10(16-12(7)9)11-5-19-6-15-11/h1-6H,(H,17,18). The Labute approximate surface area is 117 Å². The highest BCUT2D eigenvalue weighted by molar-refractivity contribution is 7.07. The Morgan fingerprint density at radius 3 is 2.84 bits per heavy atom. The number of carbonyl (C=O) groups is 1. The molecule has 0 saturated carbocycles. The number of benzene rings is 1. The molecular weight excluding hydrogens is 284 g/mol. The highest BCUT2D eigenvalue weighted by atomic mass is 35.5. The van der Waals surface area contributed by atoms with E-state index in [9.17, 15) is 9.90 Å². The fourth-order valence-electron chi connectivity index (χ4n) is 1.86. The van der Waals surface area contributed by atoms with Crippen LogP contribution in [0.5, 0.6) is 0 Å². The third-order valence-corrected chi connectivity index (χ3v) is 3.61. The van der Waals surface area contributed by atoms with Crippen LogP contribution >= 0.6 is 22.9 Å². The SMILES string of the molecule is O=C(O)c1cc(-c2cscn2)nc2c(Cl)cccc12. The summed E-state index contributed by atoms with van der Waals surface area (Å²) in [6.07, 6.45) is 0. The van der Waals surface area contributed by atoms with E-state index in [2.05, 4.69) is 9.97 Å². The van der Waals surface area contributed by atoms with Crippen molar-refractivity contribution in [1.29, 1.82) is 0 Å². The summed E-state index contributed by atoms with van der Waals surface area (Å²) in [5, 5.41) is 12.1. The van der Waals surface area contributed by atoms with Gasteiger partial charge in [-0.2, -0.15) is 0 Å². The molecule has 3 rings (SSSR count). The van der Waals surface area contributed by atoms with Crippen LogP contribution in [-0.2, 0) is 0 Å². The van der Waals surface area contributed by atoms with Gasteiger partial charge in [-0.05, 0) is 12.1 Å². The number of carboxylic acids is 1. The Morgan fingerprint density at radius 1 is 1.32 bits per heavy atom. The number of aromatic nitrogens is 2. The van der Waals surface area contributed by atoms with E-state index in [0.29, 0.717) is 27.3 Å². The minimum Gasteiger partial charge on any atom is -0.478 e. The number of fused-ring (bicyclic) bond motifs is 1. The molecule has 1 aromatic carbocycles. The van der Waals surface area contributed by atoms with E-state index in [-0.39, 0.29) is 5.56 Å². The van der Waals surface area contributed by atoms with Gasteiger partial charge in [-0.3, -0.25) is 0 Å². The van der Waals surface area contributed by atoms with Gasteiger partial charge in [0.1, 0.15) is 0 Å². The summed E-state index contributed by atoms with van der Waals surface area (Å²) < 4.78 is 0.